The molecule has 0 saturated heterocycles. The standard InChI is InChI=1S/C20H18N4O3/c1-11(21)18(12(2)26)13-6-7-15-19-20(13)27-10-16(14-5-3-4-8-22-14)24(19)17(9-25)23-15/h3-9,16H,10,21H2,1-2H3/b18-11+/t16-/m1/s1. The molecule has 0 saturated carbocycles. The van der Waals surface area contributed by atoms with Gasteiger partial charge in [0.1, 0.15) is 18.2 Å². The predicted octanol–water partition coefficient (Wildman–Crippen LogP) is 2.50. The minimum Gasteiger partial charge on any atom is -0.488 e. The number of Topliss-reactive ketones (excluding diaryl/α,β-unsaturated/α-hetero) is 1. The van der Waals surface area contributed by atoms with Crippen LogP contribution in [0.15, 0.2) is 42.2 Å². The lowest BCUT2D eigenvalue weighted by Gasteiger charge is -2.28. The van der Waals surface area contributed by atoms with Crippen LogP contribution in [0.3, 0.4) is 0 Å². The maximum atomic E-state index is 12.2. The van der Waals surface area contributed by atoms with Crippen LogP contribution in [0.4, 0.5) is 0 Å². The molecule has 0 fully saturated rings. The van der Waals surface area contributed by atoms with Gasteiger partial charge < -0.3 is 15.0 Å². The third-order valence-electron chi connectivity index (χ3n) is 4.68. The average Bonchev–Trinajstić information content (AvgIpc) is 3.04. The molecule has 0 amide bonds. The van der Waals surface area contributed by atoms with Gasteiger partial charge in [0, 0.05) is 23.0 Å². The molecule has 0 radical (unpaired) electrons. The van der Waals surface area contributed by atoms with Gasteiger partial charge in [-0.05, 0) is 38.1 Å². The Morgan fingerprint density at radius 1 is 1.30 bits per heavy atom. The van der Waals surface area contributed by atoms with E-state index in [1.807, 2.05) is 22.8 Å². The Morgan fingerprint density at radius 3 is 2.74 bits per heavy atom. The van der Waals surface area contributed by atoms with Crippen molar-refractivity contribution < 1.29 is 14.3 Å². The Hall–Kier alpha value is -3.48. The third kappa shape index (κ3) is 2.59. The molecule has 4 rings (SSSR count). The van der Waals surface area contributed by atoms with Crippen molar-refractivity contribution in [3.05, 3.63) is 59.3 Å². The summed E-state index contributed by atoms with van der Waals surface area (Å²) >= 11 is 0. The molecule has 0 aliphatic carbocycles. The normalized spacial score (nSPS) is 16.6. The summed E-state index contributed by atoms with van der Waals surface area (Å²) < 4.78 is 7.90. The number of benzene rings is 1. The van der Waals surface area contributed by atoms with Crippen LogP contribution < -0.4 is 10.5 Å². The number of aldehydes is 1. The molecular formula is C20H18N4O3. The third-order valence-corrected chi connectivity index (χ3v) is 4.68. The number of pyridine rings is 1. The Morgan fingerprint density at radius 2 is 2.11 bits per heavy atom. The van der Waals surface area contributed by atoms with E-state index < -0.39 is 0 Å². The molecule has 0 bridgehead atoms. The predicted molar refractivity (Wildman–Crippen MR) is 100 cm³/mol. The quantitative estimate of drug-likeness (QED) is 0.565. The van der Waals surface area contributed by atoms with Gasteiger partial charge in [-0.3, -0.25) is 14.6 Å². The summed E-state index contributed by atoms with van der Waals surface area (Å²) in [5.74, 6) is 0.651. The fourth-order valence-corrected chi connectivity index (χ4v) is 3.62. The fourth-order valence-electron chi connectivity index (χ4n) is 3.62. The zero-order valence-corrected chi connectivity index (χ0v) is 15.0. The summed E-state index contributed by atoms with van der Waals surface area (Å²) in [6.07, 6.45) is 2.42. The van der Waals surface area contributed by atoms with Gasteiger partial charge >= 0.3 is 0 Å². The summed E-state index contributed by atoms with van der Waals surface area (Å²) in [6.45, 7) is 3.42. The highest BCUT2D eigenvalue weighted by molar-refractivity contribution is 6.22. The number of hydrogen-bond acceptors (Lipinski definition) is 6. The Labute approximate surface area is 155 Å². The first-order chi connectivity index (χ1) is 13.0. The molecule has 2 N–H and O–H groups in total. The van der Waals surface area contributed by atoms with E-state index >= 15 is 0 Å². The van der Waals surface area contributed by atoms with E-state index in [1.54, 1.807) is 25.3 Å². The van der Waals surface area contributed by atoms with E-state index in [2.05, 4.69) is 9.97 Å². The van der Waals surface area contributed by atoms with E-state index in [4.69, 9.17) is 10.5 Å². The molecule has 3 aromatic rings. The molecule has 3 heterocycles. The van der Waals surface area contributed by atoms with E-state index in [0.29, 0.717) is 39.4 Å². The maximum Gasteiger partial charge on any atom is 0.185 e. The number of imidazole rings is 1. The molecule has 1 atom stereocenters. The molecule has 136 valence electrons. The highest BCUT2D eigenvalue weighted by atomic mass is 16.5. The fraction of sp³-hybridized carbons (Fsp3) is 0.200. The monoisotopic (exact) mass is 362 g/mol. The van der Waals surface area contributed by atoms with Gasteiger partial charge in [0.05, 0.1) is 11.2 Å². The minimum atomic E-state index is -0.289. The second-order valence-corrected chi connectivity index (χ2v) is 6.46. The average molecular weight is 362 g/mol. The van der Waals surface area contributed by atoms with E-state index in [-0.39, 0.29) is 18.4 Å². The zero-order valence-electron chi connectivity index (χ0n) is 15.0. The second kappa shape index (κ2) is 6.35. The number of allylic oxidation sites excluding steroid dienone is 2. The zero-order chi connectivity index (χ0) is 19.1. The first-order valence-electron chi connectivity index (χ1n) is 8.54. The first kappa shape index (κ1) is 17.0. The number of ketones is 1. The number of carbonyl (C=O) groups is 2. The number of carbonyl (C=O) groups excluding carboxylic acids is 2. The smallest absolute Gasteiger partial charge is 0.185 e. The van der Waals surface area contributed by atoms with Crippen molar-refractivity contribution in [2.75, 3.05) is 6.61 Å². The number of ether oxygens (including phenoxy) is 1. The van der Waals surface area contributed by atoms with Crippen LogP contribution in [0.5, 0.6) is 5.75 Å². The minimum absolute atomic E-state index is 0.150. The van der Waals surface area contributed by atoms with Crippen LogP contribution in [-0.2, 0) is 4.79 Å². The van der Waals surface area contributed by atoms with Crippen molar-refractivity contribution in [2.24, 2.45) is 5.73 Å². The van der Waals surface area contributed by atoms with Crippen molar-refractivity contribution >= 4 is 28.7 Å². The molecule has 1 aromatic carbocycles. The van der Waals surface area contributed by atoms with Gasteiger partial charge in [0.15, 0.2) is 23.6 Å². The van der Waals surface area contributed by atoms with Crippen molar-refractivity contribution in [2.45, 2.75) is 19.9 Å². The summed E-state index contributed by atoms with van der Waals surface area (Å²) in [5.41, 5.74) is 9.44. The Bertz CT molecular complexity index is 1100. The largest absolute Gasteiger partial charge is 0.488 e. The molecule has 2 aromatic heterocycles. The van der Waals surface area contributed by atoms with Gasteiger partial charge in [-0.2, -0.15) is 0 Å². The summed E-state index contributed by atoms with van der Waals surface area (Å²) in [7, 11) is 0. The van der Waals surface area contributed by atoms with Crippen LogP contribution in [0.2, 0.25) is 0 Å². The highest BCUT2D eigenvalue weighted by Crippen LogP contribution is 2.41. The van der Waals surface area contributed by atoms with Crippen LogP contribution in [0, 0.1) is 0 Å². The van der Waals surface area contributed by atoms with Crippen molar-refractivity contribution in [3.8, 4) is 5.75 Å². The number of nitrogens with two attached hydrogens (primary N) is 1. The van der Waals surface area contributed by atoms with Crippen LogP contribution in [-0.4, -0.2) is 33.2 Å². The van der Waals surface area contributed by atoms with E-state index in [9.17, 15) is 9.59 Å². The van der Waals surface area contributed by atoms with Gasteiger partial charge in [-0.1, -0.05) is 6.07 Å². The van der Waals surface area contributed by atoms with Crippen molar-refractivity contribution in [3.63, 3.8) is 0 Å². The molecule has 1 aliphatic rings. The summed E-state index contributed by atoms with van der Waals surface area (Å²) in [6, 6.07) is 8.84. The van der Waals surface area contributed by atoms with Gasteiger partial charge in [-0.25, -0.2) is 4.98 Å². The SMILES string of the molecule is CC(=O)/C(=C(/C)N)c1ccc2nc(C=O)n3c2c1OC[C@@H]3c1ccccn1. The van der Waals surface area contributed by atoms with Gasteiger partial charge in [0.25, 0.3) is 0 Å². The highest BCUT2D eigenvalue weighted by Gasteiger charge is 2.31. The lowest BCUT2D eigenvalue weighted by Crippen LogP contribution is -2.26. The number of hydrogen-bond donors (Lipinski definition) is 1. The second-order valence-electron chi connectivity index (χ2n) is 6.46. The maximum absolute atomic E-state index is 12.2. The molecule has 7 heteroatoms. The van der Waals surface area contributed by atoms with Crippen molar-refractivity contribution in [1.29, 1.82) is 0 Å². The van der Waals surface area contributed by atoms with E-state index in [0.717, 1.165) is 12.0 Å². The lowest BCUT2D eigenvalue weighted by atomic mass is 9.98. The molecular weight excluding hydrogens is 344 g/mol. The van der Waals surface area contributed by atoms with E-state index in [1.165, 1.54) is 6.92 Å². The number of nitrogens with zero attached hydrogens (tertiary/aromatic N) is 3. The Kier molecular flexibility index (Phi) is 3.99. The molecule has 7 nitrogen and oxygen atoms in total. The van der Waals surface area contributed by atoms with Crippen LogP contribution in [0.1, 0.15) is 41.8 Å². The van der Waals surface area contributed by atoms with Gasteiger partial charge in [-0.15, -0.1) is 0 Å². The molecule has 0 unspecified atom stereocenters. The molecule has 0 spiro atoms. The topological polar surface area (TPSA) is 100 Å². The molecule has 1 aliphatic heterocycles. The number of aromatic nitrogens is 3. The Balaban J connectivity index is 2.03. The van der Waals surface area contributed by atoms with Crippen LogP contribution in [0.25, 0.3) is 16.6 Å². The number of rotatable bonds is 4. The lowest BCUT2D eigenvalue weighted by molar-refractivity contribution is -0.111. The first-order valence-corrected chi connectivity index (χ1v) is 8.54. The van der Waals surface area contributed by atoms with Gasteiger partial charge in [0.2, 0.25) is 0 Å². The summed E-state index contributed by atoms with van der Waals surface area (Å²) in [4.78, 5) is 32.7. The summed E-state index contributed by atoms with van der Waals surface area (Å²) in [5, 5.41) is 0. The van der Waals surface area contributed by atoms with Crippen LogP contribution >= 0.6 is 0 Å². The van der Waals surface area contributed by atoms with Crippen molar-refractivity contribution in [1.82, 2.24) is 14.5 Å². The molecule has 27 heavy (non-hydrogen) atoms.